The Balaban J connectivity index is 0.00000103. The van der Waals surface area contributed by atoms with Crippen LogP contribution < -0.4 is 50.0 Å². The number of hydrogen-bond acceptors (Lipinski definition) is 10. The van der Waals surface area contributed by atoms with Crippen molar-refractivity contribution in [3.8, 4) is 5.75 Å². The number of rotatable bonds is 9. The number of hydrazone groups is 1. The summed E-state index contributed by atoms with van der Waals surface area (Å²) in [6, 6.07) is 12.7. The van der Waals surface area contributed by atoms with E-state index in [1.54, 1.807) is 19.2 Å². The van der Waals surface area contributed by atoms with Gasteiger partial charge >= 0.3 is 11.4 Å². The van der Waals surface area contributed by atoms with Crippen molar-refractivity contribution in [2.24, 2.45) is 33.2 Å². The second kappa shape index (κ2) is 17.7. The van der Waals surface area contributed by atoms with E-state index in [9.17, 15) is 14.0 Å². The number of halogens is 2. The first kappa shape index (κ1) is 34.2. The van der Waals surface area contributed by atoms with Crippen molar-refractivity contribution in [3.05, 3.63) is 86.4 Å². The highest BCUT2D eigenvalue weighted by Crippen LogP contribution is 2.13. The van der Waals surface area contributed by atoms with Crippen LogP contribution in [-0.2, 0) is 13.1 Å². The van der Waals surface area contributed by atoms with Crippen LogP contribution in [0.4, 0.5) is 10.3 Å². The highest BCUT2D eigenvalue weighted by Gasteiger charge is 2.14. The molecule has 0 saturated carbocycles. The third-order valence-electron chi connectivity index (χ3n) is 5.06. The molecule has 1 heterocycles. The lowest BCUT2D eigenvalue weighted by Crippen LogP contribution is -2.43. The summed E-state index contributed by atoms with van der Waals surface area (Å²) in [5.41, 5.74) is 12.8. The monoisotopic (exact) mass is 689 g/mol. The third-order valence-corrected chi connectivity index (χ3v) is 5.59. The van der Waals surface area contributed by atoms with Crippen LogP contribution >= 0.6 is 35.7 Å². The Hall–Kier alpha value is -3.84. The van der Waals surface area contributed by atoms with Crippen molar-refractivity contribution < 1.29 is 9.13 Å². The molecule has 0 radical (unpaired) electrons. The number of nitrogens with two attached hydrogens (primary N) is 4. The minimum atomic E-state index is -0.732. The van der Waals surface area contributed by atoms with Crippen molar-refractivity contribution in [1.82, 2.24) is 19.5 Å². The Morgan fingerprint density at radius 1 is 1.05 bits per heavy atom. The van der Waals surface area contributed by atoms with Gasteiger partial charge in [0.2, 0.25) is 11.9 Å². The maximum Gasteiger partial charge on any atom is 0.355 e. The fourth-order valence-electron chi connectivity index (χ4n) is 3.07. The maximum absolute atomic E-state index is 13.3. The zero-order chi connectivity index (χ0) is 28.8. The number of thioether (sulfide) groups is 1. The molecule has 40 heavy (non-hydrogen) atoms. The zero-order valence-electron chi connectivity index (χ0n) is 21.9. The van der Waals surface area contributed by atoms with Gasteiger partial charge in [-0.3, -0.25) is 15.0 Å². The van der Waals surface area contributed by atoms with E-state index in [1.807, 2.05) is 18.4 Å². The number of guanidine groups is 1. The van der Waals surface area contributed by atoms with Crippen LogP contribution in [0.25, 0.3) is 0 Å². The third kappa shape index (κ3) is 10.7. The van der Waals surface area contributed by atoms with Gasteiger partial charge in [0.25, 0.3) is 0 Å². The molecule has 2 aromatic carbocycles. The minimum Gasteiger partial charge on any atom is -0.497 e. The van der Waals surface area contributed by atoms with Crippen LogP contribution in [0.3, 0.4) is 0 Å². The molecule has 1 aromatic heterocycles. The quantitative estimate of drug-likeness (QED) is 0.0439. The van der Waals surface area contributed by atoms with Gasteiger partial charge in [-0.05, 0) is 41.6 Å². The van der Waals surface area contributed by atoms with Crippen molar-refractivity contribution >= 4 is 52.8 Å². The fourth-order valence-corrected chi connectivity index (χ4v) is 3.18. The first-order valence-electron chi connectivity index (χ1n) is 11.4. The first-order chi connectivity index (χ1) is 18.7. The number of aliphatic imine (C=N–C) groups is 1. The SMILES string of the molecule is COc1ccc(Cn2c(NCCN=C(N)NN)nc(=O)n(Cc3ccc(F)cc3)c2=O)cc1.CS/C(N)=N/N.I. The van der Waals surface area contributed by atoms with Crippen molar-refractivity contribution in [2.45, 2.75) is 13.1 Å². The standard InChI is InChI=1S/C21H25FN8O3.C2H7N3S.HI/c1-33-17-8-4-15(5-9-17)12-29-19(26-11-10-25-18(23)28-24)27-20(31)30(21(29)32)13-14-2-6-16(22)7-3-14;1-6-2(3)5-4;/h2-9H,10-13,24H2,1H3,(H3,23,25,28)(H,26,27,31);4H2,1H3,(H2,3,5);1H. The second-order valence-corrected chi connectivity index (χ2v) is 8.48. The number of hydrogen-bond donors (Lipinski definition) is 6. The van der Waals surface area contributed by atoms with Crippen LogP contribution in [0.2, 0.25) is 0 Å². The van der Waals surface area contributed by atoms with Crippen LogP contribution in [0.15, 0.2) is 68.2 Å². The molecule has 218 valence electrons. The van der Waals surface area contributed by atoms with Crippen molar-refractivity contribution in [3.63, 3.8) is 0 Å². The summed E-state index contributed by atoms with van der Waals surface area (Å²) in [7, 11) is 1.56. The second-order valence-electron chi connectivity index (χ2n) is 7.66. The Bertz CT molecular complexity index is 1380. The van der Waals surface area contributed by atoms with Gasteiger partial charge in [-0.2, -0.15) is 10.1 Å². The number of ether oxygens (including phenoxy) is 1. The largest absolute Gasteiger partial charge is 0.497 e. The van der Waals surface area contributed by atoms with Gasteiger partial charge in [-0.25, -0.2) is 24.4 Å². The van der Waals surface area contributed by atoms with Gasteiger partial charge in [0.05, 0.1) is 26.7 Å². The number of amidine groups is 1. The molecule has 0 atom stereocenters. The average molecular weight is 690 g/mol. The molecular formula is C23H33FIN11O3S. The van der Waals surface area contributed by atoms with Crippen LogP contribution in [0, 0.1) is 5.82 Å². The first-order valence-corrected chi connectivity index (χ1v) is 12.6. The maximum atomic E-state index is 13.3. The summed E-state index contributed by atoms with van der Waals surface area (Å²) in [4.78, 5) is 33.9. The topological polar surface area (TPSA) is 219 Å². The zero-order valence-corrected chi connectivity index (χ0v) is 25.1. The van der Waals surface area contributed by atoms with E-state index < -0.39 is 17.2 Å². The number of anilines is 1. The van der Waals surface area contributed by atoms with Crippen molar-refractivity contribution in [1.29, 1.82) is 0 Å². The molecule has 0 saturated heterocycles. The molecule has 10 N–H and O–H groups in total. The number of aromatic nitrogens is 3. The molecule has 17 heteroatoms. The summed E-state index contributed by atoms with van der Waals surface area (Å²) >= 11 is 1.33. The van der Waals surface area contributed by atoms with E-state index in [1.165, 1.54) is 40.6 Å². The number of methoxy groups -OCH3 is 1. The Kier molecular flexibility index (Phi) is 15.1. The lowest BCUT2D eigenvalue weighted by Gasteiger charge is -2.15. The molecule has 0 fully saturated rings. The molecule has 0 aliphatic rings. The van der Waals surface area contributed by atoms with Gasteiger partial charge in [0.1, 0.15) is 11.6 Å². The van der Waals surface area contributed by atoms with Gasteiger partial charge in [0, 0.05) is 6.54 Å². The summed E-state index contributed by atoms with van der Waals surface area (Å²) in [5.74, 6) is 10.3. The average Bonchev–Trinajstić information content (AvgIpc) is 2.96. The molecule has 0 aliphatic carbocycles. The Morgan fingerprint density at radius 3 is 2.12 bits per heavy atom. The van der Waals surface area contributed by atoms with E-state index in [2.05, 4.69) is 25.8 Å². The van der Waals surface area contributed by atoms with E-state index in [0.717, 1.165) is 10.1 Å². The van der Waals surface area contributed by atoms with Crippen LogP contribution in [0.1, 0.15) is 11.1 Å². The molecule has 0 unspecified atom stereocenters. The molecule has 0 bridgehead atoms. The Labute approximate surface area is 251 Å². The summed E-state index contributed by atoms with van der Waals surface area (Å²) in [6.07, 6.45) is 1.81. The summed E-state index contributed by atoms with van der Waals surface area (Å²) in [6.45, 7) is 0.584. The highest BCUT2D eigenvalue weighted by atomic mass is 127. The van der Waals surface area contributed by atoms with E-state index in [0.29, 0.717) is 16.5 Å². The van der Waals surface area contributed by atoms with Crippen molar-refractivity contribution in [2.75, 3.05) is 31.8 Å². The molecule has 0 amide bonds. The van der Waals surface area contributed by atoms with Gasteiger partial charge in [-0.1, -0.05) is 36.0 Å². The number of hydrazine groups is 1. The number of benzene rings is 2. The lowest BCUT2D eigenvalue weighted by atomic mass is 10.2. The molecule has 14 nitrogen and oxygen atoms in total. The minimum absolute atomic E-state index is 0. The Morgan fingerprint density at radius 2 is 1.62 bits per heavy atom. The molecule has 3 rings (SSSR count). The molecular weight excluding hydrogens is 656 g/mol. The van der Waals surface area contributed by atoms with E-state index in [4.69, 9.17) is 27.9 Å². The molecule has 0 aliphatic heterocycles. The molecule has 3 aromatic rings. The predicted octanol–water partition coefficient (Wildman–Crippen LogP) is -0.00500. The summed E-state index contributed by atoms with van der Waals surface area (Å²) < 4.78 is 20.7. The van der Waals surface area contributed by atoms with E-state index >= 15 is 0 Å². The van der Waals surface area contributed by atoms with Gasteiger partial charge < -0.3 is 27.4 Å². The normalized spacial score (nSPS) is 11.1. The molecule has 0 spiro atoms. The van der Waals surface area contributed by atoms with Crippen LogP contribution in [-0.4, -0.2) is 51.7 Å². The smallest absolute Gasteiger partial charge is 0.355 e. The van der Waals surface area contributed by atoms with Gasteiger partial charge in [-0.15, -0.1) is 24.0 Å². The number of nitrogens with zero attached hydrogens (tertiary/aromatic N) is 5. The van der Waals surface area contributed by atoms with Gasteiger partial charge in [0.15, 0.2) is 5.17 Å². The lowest BCUT2D eigenvalue weighted by molar-refractivity contribution is 0.414. The summed E-state index contributed by atoms with van der Waals surface area (Å²) in [5, 5.41) is 6.53. The highest BCUT2D eigenvalue weighted by molar-refractivity contribution is 14.0. The van der Waals surface area contributed by atoms with E-state index in [-0.39, 0.29) is 62.1 Å². The fraction of sp³-hybridized carbons (Fsp3) is 0.261. The number of nitrogens with one attached hydrogen (secondary N) is 2. The van der Waals surface area contributed by atoms with Crippen LogP contribution in [0.5, 0.6) is 5.75 Å². The predicted molar refractivity (Wildman–Crippen MR) is 167 cm³/mol.